The third kappa shape index (κ3) is 3.86. The molecule has 0 aromatic heterocycles. The van der Waals surface area contributed by atoms with Gasteiger partial charge in [-0.25, -0.2) is 9.18 Å². The van der Waals surface area contributed by atoms with Gasteiger partial charge in [-0.3, -0.25) is 4.90 Å². The zero-order chi connectivity index (χ0) is 15.6. The van der Waals surface area contributed by atoms with E-state index in [1.54, 1.807) is 17.0 Å². The van der Waals surface area contributed by atoms with Gasteiger partial charge in [0.1, 0.15) is 11.4 Å². The summed E-state index contributed by atoms with van der Waals surface area (Å²) in [6.07, 6.45) is -0.437. The fourth-order valence-electron chi connectivity index (χ4n) is 2.30. The lowest BCUT2D eigenvalue weighted by Crippen LogP contribution is -2.50. The number of benzene rings is 1. The molecule has 1 atom stereocenters. The number of halogens is 2. The molecule has 0 saturated carbocycles. The van der Waals surface area contributed by atoms with Gasteiger partial charge in [-0.15, -0.1) is 0 Å². The van der Waals surface area contributed by atoms with Gasteiger partial charge in [-0.1, -0.05) is 23.7 Å². The smallest absolute Gasteiger partial charge is 0.410 e. The topological polar surface area (TPSA) is 41.6 Å². The second-order valence-electron chi connectivity index (χ2n) is 6.04. The fraction of sp³-hybridized carbons (Fsp3) is 0.533. The number of hydrogen-bond donors (Lipinski definition) is 1. The van der Waals surface area contributed by atoms with Gasteiger partial charge >= 0.3 is 6.09 Å². The number of carbonyl (C=O) groups excluding carboxylic acids is 1. The molecule has 1 fully saturated rings. The number of rotatable bonds is 1. The molecule has 2 rings (SSSR count). The SMILES string of the molecule is CC(C)(C)OC(=O)N1CCNCC1c1cccc(Cl)c1F. The van der Waals surface area contributed by atoms with E-state index in [0.717, 1.165) is 0 Å². The fourth-order valence-corrected chi connectivity index (χ4v) is 2.48. The Morgan fingerprint density at radius 1 is 1.48 bits per heavy atom. The number of piperazine rings is 1. The first-order chi connectivity index (χ1) is 9.79. The normalized spacial score (nSPS) is 19.5. The van der Waals surface area contributed by atoms with Crippen LogP contribution in [0.4, 0.5) is 9.18 Å². The molecule has 21 heavy (non-hydrogen) atoms. The van der Waals surface area contributed by atoms with Crippen LogP contribution in [-0.4, -0.2) is 36.2 Å². The van der Waals surface area contributed by atoms with Crippen LogP contribution < -0.4 is 5.32 Å². The Labute approximate surface area is 129 Å². The number of ether oxygens (including phenoxy) is 1. The average molecular weight is 315 g/mol. The van der Waals surface area contributed by atoms with Crippen molar-refractivity contribution in [1.82, 2.24) is 10.2 Å². The van der Waals surface area contributed by atoms with Crippen LogP contribution >= 0.6 is 11.6 Å². The number of carbonyl (C=O) groups is 1. The molecule has 1 aromatic rings. The largest absolute Gasteiger partial charge is 0.444 e. The standard InChI is InChI=1S/C15H20ClFN2O2/c1-15(2,3)21-14(20)19-8-7-18-9-12(19)10-5-4-6-11(16)13(10)17/h4-6,12,18H,7-9H2,1-3H3. The van der Waals surface area contributed by atoms with Gasteiger partial charge in [-0.2, -0.15) is 0 Å². The quantitative estimate of drug-likeness (QED) is 0.864. The van der Waals surface area contributed by atoms with E-state index in [4.69, 9.17) is 16.3 Å². The maximum atomic E-state index is 14.2. The van der Waals surface area contributed by atoms with Gasteiger partial charge in [0.05, 0.1) is 11.1 Å². The second-order valence-corrected chi connectivity index (χ2v) is 6.44. The minimum Gasteiger partial charge on any atom is -0.444 e. The zero-order valence-corrected chi connectivity index (χ0v) is 13.2. The van der Waals surface area contributed by atoms with Crippen molar-refractivity contribution in [3.63, 3.8) is 0 Å². The van der Waals surface area contributed by atoms with Crippen LogP contribution in [0.15, 0.2) is 18.2 Å². The van der Waals surface area contributed by atoms with Crippen LogP contribution in [-0.2, 0) is 4.74 Å². The Balaban J connectivity index is 2.27. The number of nitrogens with one attached hydrogen (secondary N) is 1. The molecule has 1 amide bonds. The van der Waals surface area contributed by atoms with Crippen LogP contribution in [0, 0.1) is 5.82 Å². The monoisotopic (exact) mass is 314 g/mol. The Bertz CT molecular complexity index is 531. The lowest BCUT2D eigenvalue weighted by molar-refractivity contribution is 0.0114. The highest BCUT2D eigenvalue weighted by molar-refractivity contribution is 6.30. The van der Waals surface area contributed by atoms with Crippen LogP contribution in [0.1, 0.15) is 32.4 Å². The summed E-state index contributed by atoms with van der Waals surface area (Å²) in [4.78, 5) is 13.9. The minimum atomic E-state index is -0.584. The number of nitrogens with zero attached hydrogens (tertiary/aromatic N) is 1. The molecule has 1 aliphatic heterocycles. The molecule has 1 unspecified atom stereocenters. The van der Waals surface area contributed by atoms with Crippen LogP contribution in [0.5, 0.6) is 0 Å². The maximum absolute atomic E-state index is 14.2. The summed E-state index contributed by atoms with van der Waals surface area (Å²) in [5.41, 5.74) is -0.181. The summed E-state index contributed by atoms with van der Waals surface area (Å²) in [7, 11) is 0. The predicted molar refractivity (Wildman–Crippen MR) is 80.0 cm³/mol. The van der Waals surface area contributed by atoms with Crippen molar-refractivity contribution in [1.29, 1.82) is 0 Å². The van der Waals surface area contributed by atoms with E-state index in [1.165, 1.54) is 6.07 Å². The molecule has 0 aliphatic carbocycles. The predicted octanol–water partition coefficient (Wildman–Crippen LogP) is 3.36. The highest BCUT2D eigenvalue weighted by Gasteiger charge is 2.33. The highest BCUT2D eigenvalue weighted by atomic mass is 35.5. The molecule has 1 saturated heterocycles. The van der Waals surface area contributed by atoms with E-state index >= 15 is 0 Å². The van der Waals surface area contributed by atoms with Crippen LogP contribution in [0.3, 0.4) is 0 Å². The Morgan fingerprint density at radius 2 is 2.19 bits per heavy atom. The molecule has 116 valence electrons. The van der Waals surface area contributed by atoms with E-state index in [-0.39, 0.29) is 5.02 Å². The Kier molecular flexibility index (Phi) is 4.74. The van der Waals surface area contributed by atoms with Gasteiger partial charge < -0.3 is 10.1 Å². The van der Waals surface area contributed by atoms with Crippen LogP contribution in [0.2, 0.25) is 5.02 Å². The summed E-state index contributed by atoms with van der Waals surface area (Å²) < 4.78 is 19.6. The summed E-state index contributed by atoms with van der Waals surface area (Å²) in [5.74, 6) is -0.485. The van der Waals surface area contributed by atoms with Crippen molar-refractivity contribution < 1.29 is 13.9 Å². The summed E-state index contributed by atoms with van der Waals surface area (Å²) in [6, 6.07) is 4.40. The summed E-state index contributed by atoms with van der Waals surface area (Å²) in [5, 5.41) is 3.23. The molecule has 0 bridgehead atoms. The van der Waals surface area contributed by atoms with Gasteiger partial charge in [0.2, 0.25) is 0 Å². The number of amides is 1. The first-order valence-electron chi connectivity index (χ1n) is 6.94. The molecule has 0 spiro atoms. The van der Waals surface area contributed by atoms with E-state index < -0.39 is 23.6 Å². The van der Waals surface area contributed by atoms with Gasteiger partial charge in [0, 0.05) is 25.2 Å². The Hall–Kier alpha value is -1.33. The van der Waals surface area contributed by atoms with Gasteiger partial charge in [-0.05, 0) is 26.8 Å². The third-order valence-electron chi connectivity index (χ3n) is 3.21. The second kappa shape index (κ2) is 6.20. The van der Waals surface area contributed by atoms with E-state index in [1.807, 2.05) is 20.8 Å². The third-order valence-corrected chi connectivity index (χ3v) is 3.50. The minimum absolute atomic E-state index is 0.0576. The number of hydrogen-bond acceptors (Lipinski definition) is 3. The van der Waals surface area contributed by atoms with Crippen molar-refractivity contribution >= 4 is 17.7 Å². The van der Waals surface area contributed by atoms with Gasteiger partial charge in [0.15, 0.2) is 0 Å². The summed E-state index contributed by atoms with van der Waals surface area (Å²) in [6.45, 7) is 7.01. The van der Waals surface area contributed by atoms with E-state index in [9.17, 15) is 9.18 Å². The molecular weight excluding hydrogens is 295 g/mol. The molecule has 6 heteroatoms. The van der Waals surface area contributed by atoms with Crippen molar-refractivity contribution in [2.45, 2.75) is 32.4 Å². The zero-order valence-electron chi connectivity index (χ0n) is 12.5. The van der Waals surface area contributed by atoms with Gasteiger partial charge in [0.25, 0.3) is 0 Å². The first kappa shape index (κ1) is 16.0. The van der Waals surface area contributed by atoms with Crippen molar-refractivity contribution in [2.75, 3.05) is 19.6 Å². The summed E-state index contributed by atoms with van der Waals surface area (Å²) >= 11 is 5.84. The molecule has 0 radical (unpaired) electrons. The molecular formula is C15H20ClFN2O2. The molecule has 1 heterocycles. The average Bonchev–Trinajstić information content (AvgIpc) is 2.40. The van der Waals surface area contributed by atoms with Crippen LogP contribution in [0.25, 0.3) is 0 Å². The lowest BCUT2D eigenvalue weighted by Gasteiger charge is -2.37. The van der Waals surface area contributed by atoms with Crippen molar-refractivity contribution in [3.8, 4) is 0 Å². The molecule has 1 aromatic carbocycles. The lowest BCUT2D eigenvalue weighted by atomic mass is 10.0. The van der Waals surface area contributed by atoms with E-state index in [2.05, 4.69) is 5.32 Å². The maximum Gasteiger partial charge on any atom is 0.410 e. The molecule has 4 nitrogen and oxygen atoms in total. The molecule has 1 aliphatic rings. The first-order valence-corrected chi connectivity index (χ1v) is 7.31. The highest BCUT2D eigenvalue weighted by Crippen LogP contribution is 2.29. The Morgan fingerprint density at radius 3 is 2.86 bits per heavy atom. The molecule has 1 N–H and O–H groups in total. The van der Waals surface area contributed by atoms with E-state index in [0.29, 0.717) is 25.2 Å². The van der Waals surface area contributed by atoms with Crippen molar-refractivity contribution in [2.24, 2.45) is 0 Å². The van der Waals surface area contributed by atoms with Crippen molar-refractivity contribution in [3.05, 3.63) is 34.6 Å².